The van der Waals surface area contributed by atoms with Crippen LogP contribution in [0.15, 0.2) is 5.16 Å². The van der Waals surface area contributed by atoms with Crippen molar-refractivity contribution in [2.45, 2.75) is 57.3 Å². The van der Waals surface area contributed by atoms with Gasteiger partial charge in [-0.2, -0.15) is 0 Å². The quantitative estimate of drug-likeness (QED) is 0.568. The van der Waals surface area contributed by atoms with Gasteiger partial charge in [-0.25, -0.2) is 0 Å². The number of nitrogens with zero attached hydrogens (tertiary/aromatic N) is 3. The number of carbonyl (C=O) groups is 1. The van der Waals surface area contributed by atoms with E-state index in [4.69, 9.17) is 9.47 Å². The van der Waals surface area contributed by atoms with E-state index in [9.17, 15) is 4.79 Å². The van der Waals surface area contributed by atoms with Gasteiger partial charge in [0.15, 0.2) is 5.16 Å². The molecule has 118 valence electrons. The molecule has 1 aromatic rings. The summed E-state index contributed by atoms with van der Waals surface area (Å²) in [5.41, 5.74) is 0. The average molecular weight is 313 g/mol. The number of carbonyl (C=O) groups excluding carboxylic acids is 1. The van der Waals surface area contributed by atoms with Crippen LogP contribution in [0.5, 0.6) is 0 Å². The van der Waals surface area contributed by atoms with Crippen molar-refractivity contribution in [3.8, 4) is 0 Å². The molecule has 7 heteroatoms. The largest absolute Gasteiger partial charge is 0.465 e. The van der Waals surface area contributed by atoms with Gasteiger partial charge < -0.3 is 14.0 Å². The Hall–Kier alpha value is -1.08. The van der Waals surface area contributed by atoms with Crippen LogP contribution in [0.4, 0.5) is 0 Å². The van der Waals surface area contributed by atoms with Crippen molar-refractivity contribution in [1.29, 1.82) is 0 Å². The Balaban J connectivity index is 2.06. The van der Waals surface area contributed by atoms with Crippen molar-refractivity contribution in [2.24, 2.45) is 0 Å². The molecule has 0 N–H and O–H groups in total. The van der Waals surface area contributed by atoms with Gasteiger partial charge >= 0.3 is 5.97 Å². The molecule has 2 heterocycles. The fraction of sp³-hybridized carbons (Fsp3) is 0.786. The molecule has 6 nitrogen and oxygen atoms in total. The standard InChI is InChI=1S/C14H23N3O3S/c1-4-19-12(18)9-21-14-16-15-13(10(2)3)17(14)8-11-6-5-7-20-11/h10-11H,4-9H2,1-3H3. The van der Waals surface area contributed by atoms with Crippen LogP contribution in [0.2, 0.25) is 0 Å². The SMILES string of the molecule is CCOC(=O)CSc1nnc(C(C)C)n1CC1CCCO1. The second-order valence-corrected chi connectivity index (χ2v) is 6.28. The topological polar surface area (TPSA) is 66.2 Å². The Bertz CT molecular complexity index is 470. The lowest BCUT2D eigenvalue weighted by atomic mass is 10.2. The highest BCUT2D eigenvalue weighted by Crippen LogP contribution is 2.24. The molecule has 1 saturated heterocycles. The molecule has 21 heavy (non-hydrogen) atoms. The molecule has 2 rings (SSSR count). The fourth-order valence-corrected chi connectivity index (χ4v) is 3.08. The van der Waals surface area contributed by atoms with Gasteiger partial charge in [-0.3, -0.25) is 4.79 Å². The monoisotopic (exact) mass is 313 g/mol. The Kier molecular flexibility index (Phi) is 6.05. The summed E-state index contributed by atoms with van der Waals surface area (Å²) >= 11 is 1.38. The predicted octanol–water partition coefficient (Wildman–Crippen LogP) is 2.24. The Morgan fingerprint density at radius 2 is 2.33 bits per heavy atom. The van der Waals surface area contributed by atoms with Gasteiger partial charge in [0.2, 0.25) is 0 Å². The Labute approximate surface area is 129 Å². The molecular weight excluding hydrogens is 290 g/mol. The van der Waals surface area contributed by atoms with E-state index in [0.717, 1.165) is 37.0 Å². The van der Waals surface area contributed by atoms with Crippen LogP contribution < -0.4 is 0 Å². The van der Waals surface area contributed by atoms with Gasteiger partial charge in [0.25, 0.3) is 0 Å². The van der Waals surface area contributed by atoms with Gasteiger partial charge in [-0.15, -0.1) is 10.2 Å². The maximum absolute atomic E-state index is 11.5. The molecule has 0 aromatic carbocycles. The van der Waals surface area contributed by atoms with Gasteiger partial charge in [-0.1, -0.05) is 25.6 Å². The van der Waals surface area contributed by atoms with Crippen molar-refractivity contribution in [3.05, 3.63) is 5.82 Å². The first-order valence-corrected chi connectivity index (χ1v) is 8.43. The van der Waals surface area contributed by atoms with E-state index < -0.39 is 0 Å². The van der Waals surface area contributed by atoms with Crippen LogP contribution in [0.1, 0.15) is 45.4 Å². The first-order chi connectivity index (χ1) is 10.1. The molecule has 1 fully saturated rings. The van der Waals surface area contributed by atoms with Crippen molar-refractivity contribution in [3.63, 3.8) is 0 Å². The number of hydrogen-bond donors (Lipinski definition) is 0. The first-order valence-electron chi connectivity index (χ1n) is 7.45. The van der Waals surface area contributed by atoms with Gasteiger partial charge in [0.05, 0.1) is 25.0 Å². The second-order valence-electron chi connectivity index (χ2n) is 5.33. The number of esters is 1. The zero-order chi connectivity index (χ0) is 15.2. The molecule has 0 radical (unpaired) electrons. The van der Waals surface area contributed by atoms with Crippen LogP contribution >= 0.6 is 11.8 Å². The third-order valence-electron chi connectivity index (χ3n) is 3.30. The summed E-state index contributed by atoms with van der Waals surface area (Å²) in [4.78, 5) is 11.5. The summed E-state index contributed by atoms with van der Waals surface area (Å²) in [6, 6.07) is 0. The van der Waals surface area contributed by atoms with Crippen LogP contribution in [-0.2, 0) is 20.8 Å². The average Bonchev–Trinajstić information content (AvgIpc) is 3.07. The first kappa shape index (κ1) is 16.3. The van der Waals surface area contributed by atoms with E-state index in [2.05, 4.69) is 28.6 Å². The van der Waals surface area contributed by atoms with E-state index in [1.54, 1.807) is 6.92 Å². The zero-order valence-corrected chi connectivity index (χ0v) is 13.7. The van der Waals surface area contributed by atoms with E-state index in [1.165, 1.54) is 11.8 Å². The molecule has 1 atom stereocenters. The van der Waals surface area contributed by atoms with Crippen LogP contribution in [0.3, 0.4) is 0 Å². The Morgan fingerprint density at radius 3 is 2.95 bits per heavy atom. The van der Waals surface area contributed by atoms with Gasteiger partial charge in [-0.05, 0) is 19.8 Å². The molecule has 1 aromatic heterocycles. The molecule has 1 aliphatic heterocycles. The smallest absolute Gasteiger partial charge is 0.316 e. The van der Waals surface area contributed by atoms with E-state index in [0.29, 0.717) is 6.61 Å². The highest BCUT2D eigenvalue weighted by atomic mass is 32.2. The lowest BCUT2D eigenvalue weighted by Gasteiger charge is -2.15. The van der Waals surface area contributed by atoms with Crippen LogP contribution in [0.25, 0.3) is 0 Å². The molecule has 0 spiro atoms. The van der Waals surface area contributed by atoms with Crippen LogP contribution in [-0.4, -0.2) is 45.8 Å². The van der Waals surface area contributed by atoms with Crippen molar-refractivity contribution in [2.75, 3.05) is 19.0 Å². The van der Waals surface area contributed by atoms with E-state index >= 15 is 0 Å². The maximum Gasteiger partial charge on any atom is 0.316 e. The lowest BCUT2D eigenvalue weighted by molar-refractivity contribution is -0.139. The predicted molar refractivity (Wildman–Crippen MR) is 80.4 cm³/mol. The molecule has 1 unspecified atom stereocenters. The Morgan fingerprint density at radius 1 is 1.52 bits per heavy atom. The van der Waals surface area contributed by atoms with Crippen LogP contribution in [0, 0.1) is 0 Å². The summed E-state index contributed by atoms with van der Waals surface area (Å²) in [6.45, 7) is 7.98. The molecule has 0 bridgehead atoms. The molecule has 0 aliphatic carbocycles. The van der Waals surface area contributed by atoms with Crippen molar-refractivity contribution < 1.29 is 14.3 Å². The fourth-order valence-electron chi connectivity index (χ4n) is 2.32. The molecular formula is C14H23N3O3S. The molecule has 0 amide bonds. The third-order valence-corrected chi connectivity index (χ3v) is 4.24. The van der Waals surface area contributed by atoms with Crippen molar-refractivity contribution in [1.82, 2.24) is 14.8 Å². The minimum atomic E-state index is -0.222. The summed E-state index contributed by atoms with van der Waals surface area (Å²) in [5, 5.41) is 9.26. The van der Waals surface area contributed by atoms with E-state index in [-0.39, 0.29) is 23.7 Å². The summed E-state index contributed by atoms with van der Waals surface area (Å²) in [5.74, 6) is 1.27. The highest BCUT2D eigenvalue weighted by molar-refractivity contribution is 7.99. The second kappa shape index (κ2) is 7.79. The number of hydrogen-bond acceptors (Lipinski definition) is 6. The highest BCUT2D eigenvalue weighted by Gasteiger charge is 2.22. The lowest BCUT2D eigenvalue weighted by Crippen LogP contribution is -2.18. The normalized spacial score (nSPS) is 18.4. The van der Waals surface area contributed by atoms with E-state index in [1.807, 2.05) is 0 Å². The minimum Gasteiger partial charge on any atom is -0.465 e. The molecule has 1 aliphatic rings. The number of rotatable bonds is 7. The zero-order valence-electron chi connectivity index (χ0n) is 12.9. The minimum absolute atomic E-state index is 0.222. The summed E-state index contributed by atoms with van der Waals surface area (Å²) in [7, 11) is 0. The summed E-state index contributed by atoms with van der Waals surface area (Å²) < 4.78 is 12.7. The number of thioether (sulfide) groups is 1. The third kappa shape index (κ3) is 4.44. The van der Waals surface area contributed by atoms with Gasteiger partial charge in [0.1, 0.15) is 5.82 Å². The number of aromatic nitrogens is 3. The maximum atomic E-state index is 11.5. The summed E-state index contributed by atoms with van der Waals surface area (Å²) in [6.07, 6.45) is 2.40. The number of ether oxygens (including phenoxy) is 2. The van der Waals surface area contributed by atoms with Gasteiger partial charge in [0, 0.05) is 12.5 Å². The molecule has 0 saturated carbocycles. The van der Waals surface area contributed by atoms with Crippen molar-refractivity contribution >= 4 is 17.7 Å².